The maximum atomic E-state index is 13.3. The number of carbonyl (C=O) groups is 1. The fourth-order valence-electron chi connectivity index (χ4n) is 4.93. The number of amides is 2. The van der Waals surface area contributed by atoms with E-state index < -0.39 is 0 Å². The molecule has 1 N–H and O–H groups in total. The molecule has 5 heteroatoms. The molecule has 1 aliphatic heterocycles. The third kappa shape index (κ3) is 5.15. The minimum atomic E-state index is -0.0102. The van der Waals surface area contributed by atoms with E-state index in [1.807, 2.05) is 36.1 Å². The van der Waals surface area contributed by atoms with Crippen LogP contribution in [0, 0.1) is 0 Å². The van der Waals surface area contributed by atoms with Gasteiger partial charge in [0.05, 0.1) is 6.61 Å². The van der Waals surface area contributed by atoms with Gasteiger partial charge in [-0.3, -0.25) is 0 Å². The number of urea groups is 1. The number of fused-ring (bicyclic) bond motifs is 1. The van der Waals surface area contributed by atoms with Gasteiger partial charge in [0.15, 0.2) is 0 Å². The van der Waals surface area contributed by atoms with Crippen LogP contribution in [0.3, 0.4) is 0 Å². The molecule has 2 aromatic rings. The Bertz CT molecular complexity index is 875. The highest BCUT2D eigenvalue weighted by molar-refractivity contribution is 5.89. The standard InChI is InChI=1S/C26H35N3O2/c1-3-28-17-7-8-21-18-20(11-16-25(21)28)19-29(23-9-5-6-10-23)26(30)27-22-12-14-24(15-13-22)31-4-2/h11-16,18,23H,3-10,17,19H2,1-2H3,(H,27,30). The van der Waals surface area contributed by atoms with Crippen LogP contribution in [0.1, 0.15) is 57.1 Å². The highest BCUT2D eigenvalue weighted by atomic mass is 16.5. The highest BCUT2D eigenvalue weighted by Gasteiger charge is 2.27. The Balaban J connectivity index is 1.49. The van der Waals surface area contributed by atoms with Gasteiger partial charge in [0, 0.05) is 37.1 Å². The Kier molecular flexibility index (Phi) is 7.00. The van der Waals surface area contributed by atoms with Gasteiger partial charge in [-0.25, -0.2) is 4.79 Å². The van der Waals surface area contributed by atoms with Crippen LogP contribution >= 0.6 is 0 Å². The van der Waals surface area contributed by atoms with Crippen LogP contribution in [0.4, 0.5) is 16.2 Å². The molecule has 166 valence electrons. The first kappa shape index (κ1) is 21.5. The zero-order valence-electron chi connectivity index (χ0n) is 18.9. The van der Waals surface area contributed by atoms with Crippen molar-refractivity contribution in [3.8, 4) is 5.75 Å². The smallest absolute Gasteiger partial charge is 0.322 e. The quantitative estimate of drug-likeness (QED) is 0.611. The Labute approximate surface area is 186 Å². The number of anilines is 2. The molecule has 2 aromatic carbocycles. The number of aryl methyl sites for hydroxylation is 1. The molecule has 0 saturated heterocycles. The van der Waals surface area contributed by atoms with E-state index in [1.165, 1.54) is 36.1 Å². The number of nitrogens with zero attached hydrogens (tertiary/aromatic N) is 2. The number of carbonyl (C=O) groups excluding carboxylic acids is 1. The summed E-state index contributed by atoms with van der Waals surface area (Å²) < 4.78 is 5.51. The molecule has 31 heavy (non-hydrogen) atoms. The van der Waals surface area contributed by atoms with Gasteiger partial charge in [-0.1, -0.05) is 25.0 Å². The Hall–Kier alpha value is -2.69. The molecule has 0 bridgehead atoms. The summed E-state index contributed by atoms with van der Waals surface area (Å²) in [6.07, 6.45) is 6.91. The number of benzene rings is 2. The van der Waals surface area contributed by atoms with Crippen molar-refractivity contribution >= 4 is 17.4 Å². The minimum Gasteiger partial charge on any atom is -0.494 e. The van der Waals surface area contributed by atoms with Gasteiger partial charge in [0.2, 0.25) is 0 Å². The molecule has 1 aliphatic carbocycles. The molecule has 2 amide bonds. The number of ether oxygens (including phenoxy) is 1. The van der Waals surface area contributed by atoms with Gasteiger partial charge in [0.25, 0.3) is 0 Å². The first-order chi connectivity index (χ1) is 15.2. The third-order valence-corrected chi connectivity index (χ3v) is 6.54. The molecule has 0 unspecified atom stereocenters. The molecule has 1 saturated carbocycles. The topological polar surface area (TPSA) is 44.8 Å². The average Bonchev–Trinajstić information content (AvgIpc) is 3.33. The predicted molar refractivity (Wildman–Crippen MR) is 127 cm³/mol. The molecule has 5 nitrogen and oxygen atoms in total. The van der Waals surface area contributed by atoms with Crippen LogP contribution < -0.4 is 15.0 Å². The summed E-state index contributed by atoms with van der Waals surface area (Å²) in [7, 11) is 0. The molecule has 0 radical (unpaired) electrons. The molecular formula is C26H35N3O2. The summed E-state index contributed by atoms with van der Waals surface area (Å²) in [5, 5.41) is 3.11. The van der Waals surface area contributed by atoms with Crippen molar-refractivity contribution in [1.82, 2.24) is 4.90 Å². The van der Waals surface area contributed by atoms with Gasteiger partial charge in [-0.15, -0.1) is 0 Å². The Morgan fingerprint density at radius 2 is 1.87 bits per heavy atom. The van der Waals surface area contributed by atoms with Gasteiger partial charge < -0.3 is 19.9 Å². The molecule has 0 spiro atoms. The van der Waals surface area contributed by atoms with E-state index >= 15 is 0 Å². The van der Waals surface area contributed by atoms with Crippen molar-refractivity contribution in [2.45, 2.75) is 65.0 Å². The van der Waals surface area contributed by atoms with Gasteiger partial charge >= 0.3 is 6.03 Å². The number of hydrogen-bond donors (Lipinski definition) is 1. The highest BCUT2D eigenvalue weighted by Crippen LogP contribution is 2.30. The normalized spacial score (nSPS) is 16.1. The molecular weight excluding hydrogens is 386 g/mol. The number of nitrogens with one attached hydrogen (secondary N) is 1. The maximum absolute atomic E-state index is 13.3. The lowest BCUT2D eigenvalue weighted by molar-refractivity contribution is 0.184. The maximum Gasteiger partial charge on any atom is 0.322 e. The SMILES string of the molecule is CCOc1ccc(NC(=O)N(Cc2ccc3c(c2)CCCN3CC)C2CCCC2)cc1. The molecule has 0 aromatic heterocycles. The summed E-state index contributed by atoms with van der Waals surface area (Å²) in [6.45, 7) is 7.67. The lowest BCUT2D eigenvalue weighted by Gasteiger charge is -2.32. The van der Waals surface area contributed by atoms with Crippen LogP contribution in [0.2, 0.25) is 0 Å². The zero-order chi connectivity index (χ0) is 21.6. The van der Waals surface area contributed by atoms with E-state index in [-0.39, 0.29) is 6.03 Å². The van der Waals surface area contributed by atoms with Gasteiger partial charge in [0.1, 0.15) is 5.75 Å². The van der Waals surface area contributed by atoms with E-state index in [1.54, 1.807) is 0 Å². The Morgan fingerprint density at radius 1 is 1.10 bits per heavy atom. The lowest BCUT2D eigenvalue weighted by atomic mass is 9.98. The number of rotatable bonds is 7. The fourth-order valence-corrected chi connectivity index (χ4v) is 4.93. The van der Waals surface area contributed by atoms with Crippen molar-refractivity contribution in [2.24, 2.45) is 0 Å². The van der Waals surface area contributed by atoms with E-state index in [2.05, 4.69) is 35.3 Å². The van der Waals surface area contributed by atoms with E-state index in [0.29, 0.717) is 19.2 Å². The monoisotopic (exact) mass is 421 g/mol. The minimum absolute atomic E-state index is 0.0102. The lowest BCUT2D eigenvalue weighted by Crippen LogP contribution is -2.41. The van der Waals surface area contributed by atoms with Crippen LogP contribution in [0.15, 0.2) is 42.5 Å². The van der Waals surface area contributed by atoms with Crippen molar-refractivity contribution in [1.29, 1.82) is 0 Å². The predicted octanol–water partition coefficient (Wildman–Crippen LogP) is 5.83. The average molecular weight is 422 g/mol. The fraction of sp³-hybridized carbons (Fsp3) is 0.500. The van der Waals surface area contributed by atoms with Crippen molar-refractivity contribution < 1.29 is 9.53 Å². The molecule has 1 fully saturated rings. The molecule has 4 rings (SSSR count). The van der Waals surface area contributed by atoms with E-state index in [9.17, 15) is 4.79 Å². The summed E-state index contributed by atoms with van der Waals surface area (Å²) in [4.78, 5) is 17.8. The summed E-state index contributed by atoms with van der Waals surface area (Å²) >= 11 is 0. The second kappa shape index (κ2) is 10.1. The molecule has 2 aliphatic rings. The van der Waals surface area contributed by atoms with E-state index in [0.717, 1.165) is 43.8 Å². The largest absolute Gasteiger partial charge is 0.494 e. The van der Waals surface area contributed by atoms with Gasteiger partial charge in [-0.2, -0.15) is 0 Å². The first-order valence-corrected chi connectivity index (χ1v) is 11.8. The van der Waals surface area contributed by atoms with Crippen LogP contribution in [-0.2, 0) is 13.0 Å². The second-order valence-electron chi connectivity index (χ2n) is 8.60. The van der Waals surface area contributed by atoms with Crippen LogP contribution in [0.25, 0.3) is 0 Å². The van der Waals surface area contributed by atoms with Crippen molar-refractivity contribution in [3.63, 3.8) is 0 Å². The summed E-state index contributed by atoms with van der Waals surface area (Å²) in [5.74, 6) is 0.823. The molecule has 0 atom stereocenters. The Morgan fingerprint density at radius 3 is 2.58 bits per heavy atom. The molecule has 1 heterocycles. The summed E-state index contributed by atoms with van der Waals surface area (Å²) in [5.41, 5.74) is 4.82. The van der Waals surface area contributed by atoms with Crippen LogP contribution in [0.5, 0.6) is 5.75 Å². The van der Waals surface area contributed by atoms with Crippen molar-refractivity contribution in [3.05, 3.63) is 53.6 Å². The number of hydrogen-bond acceptors (Lipinski definition) is 3. The zero-order valence-corrected chi connectivity index (χ0v) is 18.9. The third-order valence-electron chi connectivity index (χ3n) is 6.54. The first-order valence-electron chi connectivity index (χ1n) is 11.8. The van der Waals surface area contributed by atoms with Gasteiger partial charge in [-0.05, 0) is 81.0 Å². The van der Waals surface area contributed by atoms with E-state index in [4.69, 9.17) is 4.74 Å². The second-order valence-corrected chi connectivity index (χ2v) is 8.60. The van der Waals surface area contributed by atoms with Crippen molar-refractivity contribution in [2.75, 3.05) is 29.9 Å². The summed E-state index contributed by atoms with van der Waals surface area (Å²) in [6, 6.07) is 14.7. The van der Waals surface area contributed by atoms with Crippen LogP contribution in [-0.4, -0.2) is 36.7 Å².